The number of benzene rings is 1. The maximum Gasteiger partial charge on any atom is 0.120 e. The molecule has 0 saturated carbocycles. The van der Waals surface area contributed by atoms with Crippen molar-refractivity contribution in [1.82, 2.24) is 0 Å². The third-order valence-electron chi connectivity index (χ3n) is 1.48. The summed E-state index contributed by atoms with van der Waals surface area (Å²) in [4.78, 5) is 0. The minimum absolute atomic E-state index is 0.164. The normalized spacial score (nSPS) is 8.85. The molecule has 0 aliphatic heterocycles. The van der Waals surface area contributed by atoms with Gasteiger partial charge in [-0.05, 0) is 18.2 Å². The molecule has 0 fully saturated rings. The fourth-order valence-corrected chi connectivity index (χ4v) is 1.08. The molecule has 0 atom stereocenters. The SMILES string of the molecule is COc1ccc(C#CCO)c(Cl)c1. The van der Waals surface area contributed by atoms with Gasteiger partial charge in [0, 0.05) is 5.56 Å². The number of halogens is 1. The second-order valence-electron chi connectivity index (χ2n) is 2.31. The van der Waals surface area contributed by atoms with Crippen LogP contribution in [0, 0.1) is 11.8 Å². The molecular formula is C10H9ClO2. The average Bonchev–Trinajstić information content (AvgIpc) is 2.16. The molecule has 2 nitrogen and oxygen atoms in total. The number of rotatable bonds is 1. The van der Waals surface area contributed by atoms with Gasteiger partial charge in [0.2, 0.25) is 0 Å². The topological polar surface area (TPSA) is 29.5 Å². The van der Waals surface area contributed by atoms with E-state index in [4.69, 9.17) is 21.4 Å². The lowest BCUT2D eigenvalue weighted by atomic mass is 10.2. The van der Waals surface area contributed by atoms with Crippen LogP contribution in [0.2, 0.25) is 5.02 Å². The quantitative estimate of drug-likeness (QED) is 0.693. The van der Waals surface area contributed by atoms with E-state index in [-0.39, 0.29) is 6.61 Å². The monoisotopic (exact) mass is 196 g/mol. The minimum Gasteiger partial charge on any atom is -0.497 e. The number of aliphatic hydroxyl groups excluding tert-OH is 1. The molecule has 1 N–H and O–H groups in total. The maximum absolute atomic E-state index is 8.48. The van der Waals surface area contributed by atoms with Gasteiger partial charge in [-0.2, -0.15) is 0 Å². The van der Waals surface area contributed by atoms with Gasteiger partial charge in [-0.25, -0.2) is 0 Å². The van der Waals surface area contributed by atoms with Gasteiger partial charge in [0.1, 0.15) is 12.4 Å². The molecule has 0 aromatic heterocycles. The highest BCUT2D eigenvalue weighted by molar-refractivity contribution is 6.31. The zero-order valence-corrected chi connectivity index (χ0v) is 7.93. The molecular weight excluding hydrogens is 188 g/mol. The van der Waals surface area contributed by atoms with Gasteiger partial charge < -0.3 is 9.84 Å². The van der Waals surface area contributed by atoms with Gasteiger partial charge in [-0.1, -0.05) is 23.4 Å². The lowest BCUT2D eigenvalue weighted by molar-refractivity contribution is 0.350. The zero-order valence-electron chi connectivity index (χ0n) is 7.17. The van der Waals surface area contributed by atoms with Gasteiger partial charge in [0.25, 0.3) is 0 Å². The molecule has 3 heteroatoms. The Morgan fingerprint density at radius 3 is 2.85 bits per heavy atom. The van der Waals surface area contributed by atoms with E-state index in [2.05, 4.69) is 11.8 Å². The van der Waals surface area contributed by atoms with Gasteiger partial charge in [0.05, 0.1) is 12.1 Å². The highest BCUT2D eigenvalue weighted by atomic mass is 35.5. The van der Waals surface area contributed by atoms with Gasteiger partial charge in [0.15, 0.2) is 0 Å². The Kier molecular flexibility index (Phi) is 3.63. The first-order valence-electron chi connectivity index (χ1n) is 3.71. The summed E-state index contributed by atoms with van der Waals surface area (Å²) in [5.74, 6) is 5.94. The van der Waals surface area contributed by atoms with Crippen LogP contribution < -0.4 is 4.74 Å². The number of methoxy groups -OCH3 is 1. The van der Waals surface area contributed by atoms with Gasteiger partial charge in [-0.3, -0.25) is 0 Å². The molecule has 1 aromatic rings. The van der Waals surface area contributed by atoms with Crippen molar-refractivity contribution in [2.24, 2.45) is 0 Å². The van der Waals surface area contributed by atoms with E-state index in [1.54, 1.807) is 25.3 Å². The van der Waals surface area contributed by atoms with E-state index in [1.165, 1.54) is 0 Å². The second kappa shape index (κ2) is 4.76. The smallest absolute Gasteiger partial charge is 0.120 e. The van der Waals surface area contributed by atoms with Crippen LogP contribution in [-0.4, -0.2) is 18.8 Å². The standard InChI is InChI=1S/C10H9ClO2/c1-13-9-5-4-8(3-2-6-12)10(11)7-9/h4-5,7,12H,6H2,1H3. The Bertz CT molecular complexity index is 350. The summed E-state index contributed by atoms with van der Waals surface area (Å²) in [6.45, 7) is -0.164. The van der Waals surface area contributed by atoms with Crippen molar-refractivity contribution in [3.8, 4) is 17.6 Å². The van der Waals surface area contributed by atoms with Crippen LogP contribution in [0.4, 0.5) is 0 Å². The third-order valence-corrected chi connectivity index (χ3v) is 1.79. The van der Waals surface area contributed by atoms with Crippen LogP contribution in [0.15, 0.2) is 18.2 Å². The molecule has 0 bridgehead atoms. The van der Waals surface area contributed by atoms with Crippen molar-refractivity contribution in [1.29, 1.82) is 0 Å². The predicted molar refractivity (Wildman–Crippen MR) is 52.0 cm³/mol. The van der Waals surface area contributed by atoms with Crippen LogP contribution in [0.3, 0.4) is 0 Å². The van der Waals surface area contributed by atoms with E-state index in [0.717, 1.165) is 0 Å². The molecule has 13 heavy (non-hydrogen) atoms. The van der Waals surface area contributed by atoms with Crippen LogP contribution in [0.25, 0.3) is 0 Å². The number of hydrogen-bond donors (Lipinski definition) is 1. The van der Waals surface area contributed by atoms with Crippen LogP contribution >= 0.6 is 11.6 Å². The van der Waals surface area contributed by atoms with Crippen molar-refractivity contribution < 1.29 is 9.84 Å². The number of aliphatic hydroxyl groups is 1. The molecule has 1 rings (SSSR count). The lowest BCUT2D eigenvalue weighted by Gasteiger charge is -2.00. The summed E-state index contributed by atoms with van der Waals surface area (Å²) in [6, 6.07) is 5.21. The summed E-state index contributed by atoms with van der Waals surface area (Å²) >= 11 is 5.88. The van der Waals surface area contributed by atoms with Gasteiger partial charge in [-0.15, -0.1) is 0 Å². The Morgan fingerprint density at radius 2 is 2.31 bits per heavy atom. The second-order valence-corrected chi connectivity index (χ2v) is 2.71. The summed E-state index contributed by atoms with van der Waals surface area (Å²) < 4.78 is 4.97. The average molecular weight is 197 g/mol. The first-order valence-corrected chi connectivity index (χ1v) is 4.09. The van der Waals surface area contributed by atoms with Crippen molar-refractivity contribution >= 4 is 11.6 Å². The fraction of sp³-hybridized carbons (Fsp3) is 0.200. The number of ether oxygens (including phenoxy) is 1. The molecule has 0 unspecified atom stereocenters. The van der Waals surface area contributed by atoms with Crippen LogP contribution in [0.1, 0.15) is 5.56 Å². The molecule has 0 heterocycles. The summed E-state index contributed by atoms with van der Waals surface area (Å²) in [6.07, 6.45) is 0. The van der Waals surface area contributed by atoms with E-state index in [9.17, 15) is 0 Å². The van der Waals surface area contributed by atoms with Crippen LogP contribution in [0.5, 0.6) is 5.75 Å². The zero-order chi connectivity index (χ0) is 9.68. The highest BCUT2D eigenvalue weighted by Gasteiger charge is 1.98. The lowest BCUT2D eigenvalue weighted by Crippen LogP contribution is -1.84. The van der Waals surface area contributed by atoms with Gasteiger partial charge >= 0.3 is 0 Å². The van der Waals surface area contributed by atoms with E-state index >= 15 is 0 Å². The summed E-state index contributed by atoms with van der Waals surface area (Å²) in [5, 5.41) is 9.01. The number of hydrogen-bond acceptors (Lipinski definition) is 2. The molecule has 0 amide bonds. The first-order chi connectivity index (χ1) is 6.27. The third kappa shape index (κ3) is 2.66. The summed E-state index contributed by atoms with van der Waals surface area (Å²) in [5.41, 5.74) is 0.691. The molecule has 0 saturated heterocycles. The first kappa shape index (κ1) is 9.91. The Labute approximate surface area is 82.1 Å². The molecule has 0 spiro atoms. The van der Waals surface area contributed by atoms with Crippen molar-refractivity contribution in [2.75, 3.05) is 13.7 Å². The maximum atomic E-state index is 8.48. The Balaban J connectivity index is 2.98. The van der Waals surface area contributed by atoms with Crippen molar-refractivity contribution in [3.63, 3.8) is 0 Å². The fourth-order valence-electron chi connectivity index (χ4n) is 0.859. The largest absolute Gasteiger partial charge is 0.497 e. The Morgan fingerprint density at radius 1 is 1.54 bits per heavy atom. The van der Waals surface area contributed by atoms with E-state index < -0.39 is 0 Å². The Hall–Kier alpha value is -1.17. The van der Waals surface area contributed by atoms with Crippen molar-refractivity contribution in [2.45, 2.75) is 0 Å². The molecule has 0 aliphatic carbocycles. The highest BCUT2D eigenvalue weighted by Crippen LogP contribution is 2.21. The van der Waals surface area contributed by atoms with Crippen molar-refractivity contribution in [3.05, 3.63) is 28.8 Å². The predicted octanol–water partition coefficient (Wildman–Crippen LogP) is 1.69. The molecule has 0 aliphatic rings. The van der Waals surface area contributed by atoms with Crippen LogP contribution in [-0.2, 0) is 0 Å². The molecule has 0 radical (unpaired) electrons. The van der Waals surface area contributed by atoms with E-state index in [1.807, 2.05) is 0 Å². The molecule has 68 valence electrons. The summed E-state index contributed by atoms with van der Waals surface area (Å²) in [7, 11) is 1.57. The van der Waals surface area contributed by atoms with E-state index in [0.29, 0.717) is 16.3 Å². The minimum atomic E-state index is -0.164. The molecule has 1 aromatic carbocycles.